The average molecular weight is 333 g/mol. The van der Waals surface area contributed by atoms with Crippen molar-refractivity contribution in [2.75, 3.05) is 0 Å². The van der Waals surface area contributed by atoms with Crippen LogP contribution >= 0.6 is 0 Å². The van der Waals surface area contributed by atoms with E-state index in [4.69, 9.17) is 0 Å². The summed E-state index contributed by atoms with van der Waals surface area (Å²) >= 11 is 0. The molecular formula is C16H13F2N3O3. The maximum absolute atomic E-state index is 12.2. The predicted molar refractivity (Wildman–Crippen MR) is 82.2 cm³/mol. The molecule has 0 amide bonds. The highest BCUT2D eigenvalue weighted by Gasteiger charge is 2.16. The number of ether oxygens (including phenoxy) is 1. The average Bonchev–Trinajstić information content (AvgIpc) is 2.97. The van der Waals surface area contributed by atoms with E-state index < -0.39 is 12.6 Å². The van der Waals surface area contributed by atoms with Gasteiger partial charge in [0, 0.05) is 12.1 Å². The number of carbonyl (C=O) groups is 1. The number of pyridine rings is 1. The predicted octanol–water partition coefficient (Wildman–Crippen LogP) is 3.42. The lowest BCUT2D eigenvalue weighted by atomic mass is 10.1. The highest BCUT2D eigenvalue weighted by molar-refractivity contribution is 6.02. The number of halogens is 2. The van der Waals surface area contributed by atoms with E-state index in [1.165, 1.54) is 24.4 Å². The molecule has 0 saturated heterocycles. The van der Waals surface area contributed by atoms with Crippen LogP contribution in [0, 0.1) is 0 Å². The normalized spacial score (nSPS) is 11.2. The molecule has 0 fully saturated rings. The highest BCUT2D eigenvalue weighted by atomic mass is 19.3. The molecule has 0 saturated carbocycles. The molecule has 0 aliphatic rings. The molecule has 8 heteroatoms. The fourth-order valence-electron chi connectivity index (χ4n) is 2.41. The van der Waals surface area contributed by atoms with Gasteiger partial charge in [-0.3, -0.25) is 0 Å². The zero-order chi connectivity index (χ0) is 17.3. The summed E-state index contributed by atoms with van der Waals surface area (Å²) in [7, 11) is 0. The van der Waals surface area contributed by atoms with Crippen molar-refractivity contribution in [2.24, 2.45) is 0 Å². The van der Waals surface area contributed by atoms with Crippen LogP contribution in [0.5, 0.6) is 5.75 Å². The van der Waals surface area contributed by atoms with Crippen LogP contribution in [0.1, 0.15) is 17.3 Å². The van der Waals surface area contributed by atoms with Crippen LogP contribution < -0.4 is 4.74 Å². The van der Waals surface area contributed by atoms with Crippen molar-refractivity contribution in [3.63, 3.8) is 0 Å². The van der Waals surface area contributed by atoms with E-state index in [1.54, 1.807) is 16.8 Å². The molecule has 0 aliphatic carbocycles. The monoisotopic (exact) mass is 333 g/mol. The largest absolute Gasteiger partial charge is 0.478 e. The summed E-state index contributed by atoms with van der Waals surface area (Å²) < 4.78 is 30.3. The van der Waals surface area contributed by atoms with Crippen molar-refractivity contribution < 1.29 is 23.4 Å². The first-order valence-electron chi connectivity index (χ1n) is 7.14. The summed E-state index contributed by atoms with van der Waals surface area (Å²) in [5, 5.41) is 14.0. The Kier molecular flexibility index (Phi) is 4.11. The van der Waals surface area contributed by atoms with Gasteiger partial charge in [-0.1, -0.05) is 0 Å². The Morgan fingerprint density at radius 3 is 2.62 bits per heavy atom. The number of rotatable bonds is 5. The molecule has 2 aromatic heterocycles. The van der Waals surface area contributed by atoms with Gasteiger partial charge in [-0.15, -0.1) is 0 Å². The first-order valence-corrected chi connectivity index (χ1v) is 7.14. The number of carboxylic acid groups (broad SMARTS) is 1. The topological polar surface area (TPSA) is 77.2 Å². The third-order valence-corrected chi connectivity index (χ3v) is 3.51. The Morgan fingerprint density at radius 2 is 2.04 bits per heavy atom. The zero-order valence-electron chi connectivity index (χ0n) is 12.6. The maximum atomic E-state index is 12.2. The standard InChI is InChI=1S/C16H13F2N3O3/c1-2-21-14-12(8-19-21)11(15(22)23)7-13(20-14)9-3-5-10(6-4-9)24-16(17)18/h3-8,16H,2H2,1H3,(H,22,23). The van der Waals surface area contributed by atoms with Crippen LogP contribution in [-0.4, -0.2) is 32.5 Å². The molecule has 0 spiro atoms. The first kappa shape index (κ1) is 15.9. The summed E-state index contributed by atoms with van der Waals surface area (Å²) in [6, 6.07) is 7.29. The van der Waals surface area contributed by atoms with Gasteiger partial charge in [0.2, 0.25) is 0 Å². The Balaban J connectivity index is 2.10. The lowest BCUT2D eigenvalue weighted by Gasteiger charge is -2.08. The van der Waals surface area contributed by atoms with Crippen LogP contribution in [-0.2, 0) is 6.54 Å². The number of hydrogen-bond acceptors (Lipinski definition) is 4. The maximum Gasteiger partial charge on any atom is 0.387 e. The number of aryl methyl sites for hydroxylation is 1. The van der Waals surface area contributed by atoms with Gasteiger partial charge in [0.1, 0.15) is 5.75 Å². The van der Waals surface area contributed by atoms with Gasteiger partial charge in [-0.05, 0) is 37.3 Å². The third-order valence-electron chi connectivity index (χ3n) is 3.51. The fraction of sp³-hybridized carbons (Fsp3) is 0.188. The van der Waals surface area contributed by atoms with E-state index in [1.807, 2.05) is 6.92 Å². The second kappa shape index (κ2) is 6.23. The van der Waals surface area contributed by atoms with Crippen LogP contribution in [0.15, 0.2) is 36.5 Å². The second-order valence-corrected chi connectivity index (χ2v) is 4.96. The summed E-state index contributed by atoms with van der Waals surface area (Å²) in [6.07, 6.45) is 1.47. The Bertz CT molecular complexity index is 891. The van der Waals surface area contributed by atoms with Gasteiger partial charge < -0.3 is 9.84 Å². The number of aromatic nitrogens is 3. The smallest absolute Gasteiger partial charge is 0.387 e. The minimum absolute atomic E-state index is 0.0203. The molecule has 0 unspecified atom stereocenters. The number of fused-ring (bicyclic) bond motifs is 1. The first-order chi connectivity index (χ1) is 11.5. The summed E-state index contributed by atoms with van der Waals surface area (Å²) in [6.45, 7) is -0.486. The zero-order valence-corrected chi connectivity index (χ0v) is 12.6. The molecule has 0 radical (unpaired) electrons. The van der Waals surface area contributed by atoms with E-state index in [0.29, 0.717) is 28.8 Å². The van der Waals surface area contributed by atoms with Gasteiger partial charge in [0.05, 0.1) is 22.8 Å². The summed E-state index contributed by atoms with van der Waals surface area (Å²) in [4.78, 5) is 16.0. The molecule has 0 bridgehead atoms. The minimum Gasteiger partial charge on any atom is -0.478 e. The van der Waals surface area contributed by atoms with Crippen molar-refractivity contribution in [1.82, 2.24) is 14.8 Å². The number of carboxylic acids is 1. The fourth-order valence-corrected chi connectivity index (χ4v) is 2.41. The SMILES string of the molecule is CCn1ncc2c(C(=O)O)cc(-c3ccc(OC(F)F)cc3)nc21. The summed E-state index contributed by atoms with van der Waals surface area (Å²) in [5.74, 6) is -1.07. The number of nitrogens with zero attached hydrogens (tertiary/aromatic N) is 3. The Hall–Kier alpha value is -3.03. The number of alkyl halides is 2. The quantitative estimate of drug-likeness (QED) is 0.774. The summed E-state index contributed by atoms with van der Waals surface area (Å²) in [5.41, 5.74) is 1.55. The van der Waals surface area contributed by atoms with E-state index in [2.05, 4.69) is 14.8 Å². The molecule has 3 rings (SSSR count). The molecule has 1 aromatic carbocycles. The molecule has 1 N–H and O–H groups in total. The second-order valence-electron chi connectivity index (χ2n) is 4.96. The molecule has 6 nitrogen and oxygen atoms in total. The molecule has 2 heterocycles. The van der Waals surface area contributed by atoms with Gasteiger partial charge in [0.25, 0.3) is 0 Å². The van der Waals surface area contributed by atoms with Crippen molar-refractivity contribution in [3.05, 3.63) is 42.1 Å². The van der Waals surface area contributed by atoms with Crippen molar-refractivity contribution in [3.8, 4) is 17.0 Å². The van der Waals surface area contributed by atoms with Crippen molar-refractivity contribution in [2.45, 2.75) is 20.1 Å². The van der Waals surface area contributed by atoms with E-state index >= 15 is 0 Å². The van der Waals surface area contributed by atoms with Gasteiger partial charge in [-0.2, -0.15) is 13.9 Å². The highest BCUT2D eigenvalue weighted by Crippen LogP contribution is 2.26. The van der Waals surface area contributed by atoms with Crippen LogP contribution in [0.3, 0.4) is 0 Å². The van der Waals surface area contributed by atoms with Crippen LogP contribution in [0.25, 0.3) is 22.3 Å². The molecule has 0 aliphatic heterocycles. The molecule has 24 heavy (non-hydrogen) atoms. The van der Waals surface area contributed by atoms with E-state index in [9.17, 15) is 18.7 Å². The minimum atomic E-state index is -2.90. The third kappa shape index (κ3) is 2.90. The molecule has 3 aromatic rings. The van der Waals surface area contributed by atoms with Gasteiger partial charge in [0.15, 0.2) is 5.65 Å². The Morgan fingerprint density at radius 1 is 1.33 bits per heavy atom. The van der Waals surface area contributed by atoms with Gasteiger partial charge in [-0.25, -0.2) is 14.5 Å². The van der Waals surface area contributed by atoms with Crippen molar-refractivity contribution >= 4 is 17.0 Å². The lowest BCUT2D eigenvalue weighted by molar-refractivity contribution is -0.0498. The molecule has 124 valence electrons. The van der Waals surface area contributed by atoms with Crippen molar-refractivity contribution in [1.29, 1.82) is 0 Å². The lowest BCUT2D eigenvalue weighted by Crippen LogP contribution is -2.03. The van der Waals surface area contributed by atoms with E-state index in [-0.39, 0.29) is 11.3 Å². The van der Waals surface area contributed by atoms with Gasteiger partial charge >= 0.3 is 12.6 Å². The van der Waals surface area contributed by atoms with Crippen LogP contribution in [0.4, 0.5) is 8.78 Å². The molecular weight excluding hydrogens is 320 g/mol. The number of hydrogen-bond donors (Lipinski definition) is 1. The Labute approximate surface area is 135 Å². The van der Waals surface area contributed by atoms with Crippen LogP contribution in [0.2, 0.25) is 0 Å². The van der Waals surface area contributed by atoms with E-state index in [0.717, 1.165) is 0 Å². The number of benzene rings is 1. The molecule has 0 atom stereocenters. The number of aromatic carboxylic acids is 1.